The van der Waals surface area contributed by atoms with Crippen molar-refractivity contribution in [1.29, 1.82) is 0 Å². The molecule has 0 amide bonds. The first kappa shape index (κ1) is 22.9. The van der Waals surface area contributed by atoms with Gasteiger partial charge in [-0.25, -0.2) is 0 Å². The summed E-state index contributed by atoms with van der Waals surface area (Å²) in [5.41, 5.74) is 3.38. The summed E-state index contributed by atoms with van der Waals surface area (Å²) in [6.45, 7) is 2.59. The van der Waals surface area contributed by atoms with E-state index < -0.39 is 0 Å². The fraction of sp³-hybridized carbons (Fsp3) is 0.385. The topological polar surface area (TPSA) is 54.3 Å². The maximum Gasteiger partial charge on any atom is 0.203 e. The number of hydrogen-bond acceptors (Lipinski definition) is 6. The van der Waals surface area contributed by atoms with Gasteiger partial charge in [-0.15, -0.1) is 0 Å². The third-order valence-electron chi connectivity index (χ3n) is 6.22. The molecule has 176 valence electrons. The van der Waals surface area contributed by atoms with Gasteiger partial charge in [0.2, 0.25) is 5.75 Å². The van der Waals surface area contributed by atoms with Crippen LogP contribution in [-0.2, 0) is 13.1 Å². The number of ether oxygens (including phenoxy) is 5. The van der Waals surface area contributed by atoms with E-state index in [0.29, 0.717) is 23.8 Å². The Hall–Kier alpha value is -3.32. The molecule has 1 atom stereocenters. The molecular weight excluding hydrogens is 420 g/mol. The molecule has 1 aliphatic heterocycles. The minimum atomic E-state index is -0.00730. The summed E-state index contributed by atoms with van der Waals surface area (Å²) >= 11 is 0. The van der Waals surface area contributed by atoms with Crippen molar-refractivity contribution in [3.8, 4) is 28.7 Å². The summed E-state index contributed by atoms with van der Waals surface area (Å²) in [5.74, 6) is 3.54. The Morgan fingerprint density at radius 3 is 2.15 bits per heavy atom. The highest BCUT2D eigenvalue weighted by Crippen LogP contribution is 2.43. The van der Waals surface area contributed by atoms with Crippen LogP contribution in [0.4, 0.5) is 0 Å². The summed E-state index contributed by atoms with van der Waals surface area (Å²) in [7, 11) is 8.31. The van der Waals surface area contributed by atoms with E-state index in [9.17, 15) is 0 Å². The van der Waals surface area contributed by atoms with Gasteiger partial charge in [0.25, 0.3) is 0 Å². The molecule has 0 N–H and O–H groups in total. The van der Waals surface area contributed by atoms with Gasteiger partial charge in [0.05, 0.1) is 41.6 Å². The molecule has 3 aromatic rings. The van der Waals surface area contributed by atoms with Crippen molar-refractivity contribution in [2.75, 3.05) is 42.1 Å². The highest BCUT2D eigenvalue weighted by Gasteiger charge is 2.30. The van der Waals surface area contributed by atoms with Crippen molar-refractivity contribution in [2.45, 2.75) is 25.6 Å². The lowest BCUT2D eigenvalue weighted by molar-refractivity contribution is 0.216. The van der Waals surface area contributed by atoms with Crippen molar-refractivity contribution >= 4 is 0 Å². The molecule has 0 spiro atoms. The lowest BCUT2D eigenvalue weighted by Crippen LogP contribution is -2.29. The molecule has 0 bridgehead atoms. The number of nitrogens with zero attached hydrogens (tertiary/aromatic N) is 2. The highest BCUT2D eigenvalue weighted by atomic mass is 16.5. The van der Waals surface area contributed by atoms with E-state index in [0.717, 1.165) is 42.1 Å². The molecule has 0 fully saturated rings. The van der Waals surface area contributed by atoms with Gasteiger partial charge in [-0.05, 0) is 54.4 Å². The number of aromatic nitrogens is 1. The standard InChI is InChI=1S/C26H32N2O5/c1-29-20-9-10-22(30-2)19(14-20)17-28-13-7-12-27-11-6-8-21(27)25(28)18-15-23(31-3)26(33-5)24(16-18)32-4/h6,8-11,14-16,25H,7,12-13,17H2,1-5H3/t25-/m0/s1. The number of fused-ring (bicyclic) bond motifs is 1. The summed E-state index contributed by atoms with van der Waals surface area (Å²) in [6.07, 6.45) is 3.19. The van der Waals surface area contributed by atoms with Crippen LogP contribution in [0.1, 0.15) is 29.3 Å². The summed E-state index contributed by atoms with van der Waals surface area (Å²) in [6, 6.07) is 14.3. The van der Waals surface area contributed by atoms with Gasteiger partial charge in [-0.2, -0.15) is 0 Å². The smallest absolute Gasteiger partial charge is 0.203 e. The third kappa shape index (κ3) is 4.46. The maximum atomic E-state index is 5.67. The lowest BCUT2D eigenvalue weighted by Gasteiger charge is -2.32. The Bertz CT molecular complexity index is 1070. The normalized spacial score (nSPS) is 16.0. The molecule has 1 aliphatic rings. The van der Waals surface area contributed by atoms with E-state index in [-0.39, 0.29) is 6.04 Å². The van der Waals surface area contributed by atoms with Crippen molar-refractivity contribution in [1.82, 2.24) is 9.47 Å². The molecule has 7 heteroatoms. The van der Waals surface area contributed by atoms with Crippen LogP contribution in [0.5, 0.6) is 28.7 Å². The number of aryl methyl sites for hydroxylation is 1. The number of benzene rings is 2. The fourth-order valence-electron chi connectivity index (χ4n) is 4.67. The second-order valence-corrected chi connectivity index (χ2v) is 7.99. The predicted octanol–water partition coefficient (Wildman–Crippen LogP) is 4.53. The van der Waals surface area contributed by atoms with Crippen LogP contribution in [0.25, 0.3) is 0 Å². The van der Waals surface area contributed by atoms with E-state index in [1.807, 2.05) is 24.3 Å². The second-order valence-electron chi connectivity index (χ2n) is 7.99. The molecule has 2 heterocycles. The molecular formula is C26H32N2O5. The zero-order chi connectivity index (χ0) is 23.4. The Labute approximate surface area is 195 Å². The molecule has 0 saturated heterocycles. The first-order valence-corrected chi connectivity index (χ1v) is 11.0. The zero-order valence-corrected chi connectivity index (χ0v) is 20.0. The van der Waals surface area contributed by atoms with E-state index >= 15 is 0 Å². The molecule has 1 aromatic heterocycles. The van der Waals surface area contributed by atoms with Crippen LogP contribution in [0.2, 0.25) is 0 Å². The molecule has 0 aliphatic carbocycles. The van der Waals surface area contributed by atoms with E-state index in [1.165, 1.54) is 5.69 Å². The Morgan fingerprint density at radius 2 is 1.52 bits per heavy atom. The van der Waals surface area contributed by atoms with E-state index in [1.54, 1.807) is 35.5 Å². The minimum absolute atomic E-state index is 0.00730. The van der Waals surface area contributed by atoms with Gasteiger partial charge in [0.1, 0.15) is 11.5 Å². The monoisotopic (exact) mass is 452 g/mol. The SMILES string of the molecule is COc1ccc(OC)c(CN2CCCn3cccc3[C@@H]2c2cc(OC)c(OC)c(OC)c2)c1. The van der Waals surface area contributed by atoms with Crippen LogP contribution in [0, 0.1) is 0 Å². The summed E-state index contributed by atoms with van der Waals surface area (Å²) in [5, 5.41) is 0. The number of methoxy groups -OCH3 is 5. The van der Waals surface area contributed by atoms with Crippen molar-refractivity contribution in [2.24, 2.45) is 0 Å². The molecule has 2 aromatic carbocycles. The Morgan fingerprint density at radius 1 is 0.788 bits per heavy atom. The summed E-state index contributed by atoms with van der Waals surface area (Å²) in [4.78, 5) is 2.47. The Kier molecular flexibility index (Phi) is 6.99. The van der Waals surface area contributed by atoms with Gasteiger partial charge in [0, 0.05) is 37.1 Å². The lowest BCUT2D eigenvalue weighted by atomic mass is 9.99. The fourth-order valence-corrected chi connectivity index (χ4v) is 4.67. The zero-order valence-electron chi connectivity index (χ0n) is 20.0. The average molecular weight is 453 g/mol. The van der Waals surface area contributed by atoms with Crippen molar-refractivity contribution in [3.05, 3.63) is 65.5 Å². The average Bonchev–Trinajstić information content (AvgIpc) is 3.24. The first-order valence-electron chi connectivity index (χ1n) is 11.0. The summed E-state index contributed by atoms with van der Waals surface area (Å²) < 4.78 is 30.4. The maximum absolute atomic E-state index is 5.67. The van der Waals surface area contributed by atoms with Gasteiger partial charge in [-0.1, -0.05) is 0 Å². The van der Waals surface area contributed by atoms with E-state index in [2.05, 4.69) is 33.9 Å². The first-order chi connectivity index (χ1) is 16.1. The molecule has 0 unspecified atom stereocenters. The molecule has 7 nitrogen and oxygen atoms in total. The van der Waals surface area contributed by atoms with Crippen LogP contribution < -0.4 is 23.7 Å². The Balaban J connectivity index is 1.83. The predicted molar refractivity (Wildman–Crippen MR) is 127 cm³/mol. The third-order valence-corrected chi connectivity index (χ3v) is 6.22. The van der Waals surface area contributed by atoms with Gasteiger partial charge < -0.3 is 28.3 Å². The number of rotatable bonds is 8. The van der Waals surface area contributed by atoms with Crippen molar-refractivity contribution in [3.63, 3.8) is 0 Å². The van der Waals surface area contributed by atoms with Crippen LogP contribution in [0.15, 0.2) is 48.7 Å². The van der Waals surface area contributed by atoms with Crippen molar-refractivity contribution < 1.29 is 23.7 Å². The molecule has 4 rings (SSSR count). The van der Waals surface area contributed by atoms with Crippen LogP contribution in [-0.4, -0.2) is 51.6 Å². The largest absolute Gasteiger partial charge is 0.497 e. The highest BCUT2D eigenvalue weighted by molar-refractivity contribution is 5.55. The van der Waals surface area contributed by atoms with Crippen LogP contribution in [0.3, 0.4) is 0 Å². The van der Waals surface area contributed by atoms with Gasteiger partial charge >= 0.3 is 0 Å². The van der Waals surface area contributed by atoms with Crippen LogP contribution >= 0.6 is 0 Å². The minimum Gasteiger partial charge on any atom is -0.497 e. The van der Waals surface area contributed by atoms with Gasteiger partial charge in [-0.3, -0.25) is 4.90 Å². The second kappa shape index (κ2) is 10.1. The molecule has 33 heavy (non-hydrogen) atoms. The quantitative estimate of drug-likeness (QED) is 0.501. The van der Waals surface area contributed by atoms with E-state index in [4.69, 9.17) is 23.7 Å². The molecule has 0 radical (unpaired) electrons. The number of hydrogen-bond donors (Lipinski definition) is 0. The van der Waals surface area contributed by atoms with Gasteiger partial charge in [0.15, 0.2) is 11.5 Å². The molecule has 0 saturated carbocycles.